The average Bonchev–Trinajstić information content (AvgIpc) is 2.79. The Balaban J connectivity index is 1.69. The van der Waals surface area contributed by atoms with Crippen LogP contribution in [0.5, 0.6) is 0 Å². The molecule has 1 spiro atoms. The first-order chi connectivity index (χ1) is 9.72. The number of nitrogens with one attached hydrogen (secondary N) is 1. The van der Waals surface area contributed by atoms with Gasteiger partial charge in [0.2, 0.25) is 0 Å². The van der Waals surface area contributed by atoms with Gasteiger partial charge in [-0.2, -0.15) is 0 Å². The molecule has 2 heteroatoms. The topological polar surface area (TPSA) is 15.3 Å². The van der Waals surface area contributed by atoms with E-state index in [9.17, 15) is 0 Å². The van der Waals surface area contributed by atoms with Gasteiger partial charge in [-0.1, -0.05) is 39.5 Å². The SMILES string of the molecule is CCC1CNC2(CCCC2)CN1C1CCCC(C)CC1. The third-order valence-electron chi connectivity index (χ3n) is 6.39. The van der Waals surface area contributed by atoms with E-state index in [1.54, 1.807) is 0 Å². The zero-order chi connectivity index (χ0) is 14.0. The fraction of sp³-hybridized carbons (Fsp3) is 1.00. The minimum Gasteiger partial charge on any atom is -0.308 e. The van der Waals surface area contributed by atoms with Crippen molar-refractivity contribution in [2.24, 2.45) is 5.92 Å². The van der Waals surface area contributed by atoms with Crippen molar-refractivity contribution in [1.82, 2.24) is 10.2 Å². The van der Waals surface area contributed by atoms with Gasteiger partial charge in [0.15, 0.2) is 0 Å². The summed E-state index contributed by atoms with van der Waals surface area (Å²) in [5, 5.41) is 3.95. The zero-order valence-electron chi connectivity index (χ0n) is 13.7. The van der Waals surface area contributed by atoms with Crippen molar-refractivity contribution in [3.05, 3.63) is 0 Å². The van der Waals surface area contributed by atoms with E-state index in [0.29, 0.717) is 5.54 Å². The predicted molar refractivity (Wildman–Crippen MR) is 86.0 cm³/mol. The molecule has 0 aromatic rings. The summed E-state index contributed by atoms with van der Waals surface area (Å²) in [6, 6.07) is 1.67. The second kappa shape index (κ2) is 6.36. The molecule has 0 aromatic heterocycles. The second-order valence-electron chi connectivity index (χ2n) is 7.87. The lowest BCUT2D eigenvalue weighted by molar-refractivity contribution is 0.0345. The van der Waals surface area contributed by atoms with Crippen molar-refractivity contribution in [2.75, 3.05) is 13.1 Å². The number of piperazine rings is 1. The summed E-state index contributed by atoms with van der Waals surface area (Å²) in [5.74, 6) is 0.962. The average molecular weight is 278 g/mol. The molecule has 1 saturated heterocycles. The van der Waals surface area contributed by atoms with Crippen molar-refractivity contribution < 1.29 is 0 Å². The summed E-state index contributed by atoms with van der Waals surface area (Å²) in [4.78, 5) is 2.94. The molecule has 20 heavy (non-hydrogen) atoms. The Kier molecular flexibility index (Phi) is 4.72. The largest absolute Gasteiger partial charge is 0.308 e. The van der Waals surface area contributed by atoms with Crippen LogP contribution in [0, 0.1) is 5.92 Å². The van der Waals surface area contributed by atoms with Crippen LogP contribution < -0.4 is 5.32 Å². The van der Waals surface area contributed by atoms with Gasteiger partial charge in [-0.05, 0) is 44.4 Å². The molecule has 3 rings (SSSR count). The molecule has 2 saturated carbocycles. The van der Waals surface area contributed by atoms with E-state index in [-0.39, 0.29) is 0 Å². The molecule has 2 nitrogen and oxygen atoms in total. The molecule has 1 heterocycles. The molecule has 0 radical (unpaired) electrons. The summed E-state index contributed by atoms with van der Waals surface area (Å²) < 4.78 is 0. The van der Waals surface area contributed by atoms with Crippen LogP contribution >= 0.6 is 0 Å². The summed E-state index contributed by atoms with van der Waals surface area (Å²) in [7, 11) is 0. The van der Waals surface area contributed by atoms with Crippen molar-refractivity contribution in [1.29, 1.82) is 0 Å². The lowest BCUT2D eigenvalue weighted by Gasteiger charge is -2.49. The lowest BCUT2D eigenvalue weighted by Crippen LogP contribution is -2.65. The first kappa shape index (κ1) is 14.8. The first-order valence-corrected chi connectivity index (χ1v) is 9.23. The second-order valence-corrected chi connectivity index (χ2v) is 7.87. The number of hydrogen-bond donors (Lipinski definition) is 1. The van der Waals surface area contributed by atoms with Crippen LogP contribution in [-0.2, 0) is 0 Å². The molecular weight excluding hydrogens is 244 g/mol. The van der Waals surface area contributed by atoms with E-state index < -0.39 is 0 Å². The van der Waals surface area contributed by atoms with Crippen LogP contribution in [0.15, 0.2) is 0 Å². The molecule has 0 amide bonds. The summed E-state index contributed by atoms with van der Waals surface area (Å²) >= 11 is 0. The van der Waals surface area contributed by atoms with Crippen LogP contribution in [-0.4, -0.2) is 35.6 Å². The van der Waals surface area contributed by atoms with Gasteiger partial charge in [0, 0.05) is 30.7 Å². The molecule has 0 bridgehead atoms. The summed E-state index contributed by atoms with van der Waals surface area (Å²) in [5.41, 5.74) is 0.490. The maximum Gasteiger partial charge on any atom is 0.0309 e. The highest BCUT2D eigenvalue weighted by Gasteiger charge is 2.42. The fourth-order valence-corrected chi connectivity index (χ4v) is 4.98. The molecular formula is C18H34N2. The Morgan fingerprint density at radius 3 is 2.60 bits per heavy atom. The monoisotopic (exact) mass is 278 g/mol. The first-order valence-electron chi connectivity index (χ1n) is 9.23. The highest BCUT2D eigenvalue weighted by atomic mass is 15.3. The summed E-state index contributed by atoms with van der Waals surface area (Å²) in [6.07, 6.45) is 14.3. The van der Waals surface area contributed by atoms with Crippen LogP contribution in [0.25, 0.3) is 0 Å². The molecule has 3 fully saturated rings. The van der Waals surface area contributed by atoms with E-state index in [2.05, 4.69) is 24.1 Å². The van der Waals surface area contributed by atoms with Gasteiger partial charge in [0.1, 0.15) is 0 Å². The van der Waals surface area contributed by atoms with Gasteiger partial charge in [-0.3, -0.25) is 4.90 Å². The van der Waals surface area contributed by atoms with Crippen molar-refractivity contribution in [3.8, 4) is 0 Å². The highest BCUT2D eigenvalue weighted by Crippen LogP contribution is 2.36. The van der Waals surface area contributed by atoms with Crippen molar-refractivity contribution >= 4 is 0 Å². The highest BCUT2D eigenvalue weighted by molar-refractivity contribution is 5.02. The number of nitrogens with zero attached hydrogens (tertiary/aromatic N) is 1. The van der Waals surface area contributed by atoms with Gasteiger partial charge >= 0.3 is 0 Å². The molecule has 1 aliphatic heterocycles. The van der Waals surface area contributed by atoms with Gasteiger partial charge in [-0.25, -0.2) is 0 Å². The third-order valence-corrected chi connectivity index (χ3v) is 6.39. The van der Waals surface area contributed by atoms with Crippen molar-refractivity contribution in [2.45, 2.75) is 95.7 Å². The quantitative estimate of drug-likeness (QED) is 0.769. The predicted octanol–water partition coefficient (Wildman–Crippen LogP) is 3.95. The smallest absolute Gasteiger partial charge is 0.0309 e. The van der Waals surface area contributed by atoms with Crippen LogP contribution in [0.4, 0.5) is 0 Å². The Labute approximate surface area is 125 Å². The molecule has 3 aliphatic rings. The molecule has 1 N–H and O–H groups in total. The molecule has 0 aromatic carbocycles. The Hall–Kier alpha value is -0.0800. The Morgan fingerprint density at radius 1 is 1.05 bits per heavy atom. The van der Waals surface area contributed by atoms with Crippen LogP contribution in [0.2, 0.25) is 0 Å². The molecule has 3 unspecified atom stereocenters. The zero-order valence-corrected chi connectivity index (χ0v) is 13.7. The maximum atomic E-state index is 3.95. The van der Waals surface area contributed by atoms with Crippen LogP contribution in [0.1, 0.15) is 78.1 Å². The van der Waals surface area contributed by atoms with Gasteiger partial charge in [0.05, 0.1) is 0 Å². The molecule has 116 valence electrons. The van der Waals surface area contributed by atoms with Gasteiger partial charge in [-0.15, -0.1) is 0 Å². The third kappa shape index (κ3) is 3.06. The summed E-state index contributed by atoms with van der Waals surface area (Å²) in [6.45, 7) is 7.41. The van der Waals surface area contributed by atoms with E-state index in [1.807, 2.05) is 0 Å². The fourth-order valence-electron chi connectivity index (χ4n) is 4.98. The minimum absolute atomic E-state index is 0.490. The number of rotatable bonds is 2. The molecule has 2 aliphatic carbocycles. The lowest BCUT2D eigenvalue weighted by atomic mass is 9.89. The number of hydrogen-bond acceptors (Lipinski definition) is 2. The molecule has 3 atom stereocenters. The van der Waals surface area contributed by atoms with Gasteiger partial charge in [0.25, 0.3) is 0 Å². The Bertz CT molecular complexity index is 309. The van der Waals surface area contributed by atoms with E-state index >= 15 is 0 Å². The van der Waals surface area contributed by atoms with E-state index in [0.717, 1.165) is 18.0 Å². The Morgan fingerprint density at radius 2 is 1.85 bits per heavy atom. The van der Waals surface area contributed by atoms with E-state index in [1.165, 1.54) is 77.3 Å². The van der Waals surface area contributed by atoms with E-state index in [4.69, 9.17) is 0 Å². The maximum absolute atomic E-state index is 3.95. The van der Waals surface area contributed by atoms with Crippen LogP contribution in [0.3, 0.4) is 0 Å². The van der Waals surface area contributed by atoms with Gasteiger partial charge < -0.3 is 5.32 Å². The van der Waals surface area contributed by atoms with Crippen molar-refractivity contribution in [3.63, 3.8) is 0 Å². The normalized spacial score (nSPS) is 39.0. The minimum atomic E-state index is 0.490. The standard InChI is InChI=1S/C18H34N2/c1-3-16-13-19-18(11-4-5-12-18)14-20(16)17-8-6-7-15(2)9-10-17/h15-17,19H,3-14H2,1-2H3.